The highest BCUT2D eigenvalue weighted by Crippen LogP contribution is 2.22. The highest BCUT2D eigenvalue weighted by atomic mass is 32.2. The van der Waals surface area contributed by atoms with Gasteiger partial charge in [-0.2, -0.15) is 0 Å². The van der Waals surface area contributed by atoms with Crippen molar-refractivity contribution in [1.29, 1.82) is 0 Å². The first-order valence-corrected chi connectivity index (χ1v) is 8.65. The van der Waals surface area contributed by atoms with Crippen LogP contribution < -0.4 is 10.6 Å². The Kier molecular flexibility index (Phi) is 5.42. The minimum Gasteiger partial charge on any atom is -0.411 e. The summed E-state index contributed by atoms with van der Waals surface area (Å²) in [6.07, 6.45) is 5.15. The van der Waals surface area contributed by atoms with E-state index in [1.807, 2.05) is 0 Å². The van der Waals surface area contributed by atoms with Crippen molar-refractivity contribution in [3.8, 4) is 11.5 Å². The molecule has 1 unspecified atom stereocenters. The number of carbonyl (C=O) groups is 2. The Balaban J connectivity index is 1.44. The van der Waals surface area contributed by atoms with Crippen LogP contribution in [0.15, 0.2) is 34.2 Å². The molecule has 0 aliphatic carbocycles. The van der Waals surface area contributed by atoms with E-state index in [0.717, 1.165) is 12.0 Å². The highest BCUT2D eigenvalue weighted by Gasteiger charge is 2.23. The largest absolute Gasteiger partial charge is 0.411 e. The third-order valence-corrected chi connectivity index (χ3v) is 4.33. The van der Waals surface area contributed by atoms with Gasteiger partial charge in [-0.1, -0.05) is 11.8 Å². The van der Waals surface area contributed by atoms with Gasteiger partial charge < -0.3 is 15.1 Å². The molecule has 0 aromatic carbocycles. The van der Waals surface area contributed by atoms with Crippen LogP contribution >= 0.6 is 11.8 Å². The average Bonchev–Trinajstić information content (AvgIpc) is 3.07. The van der Waals surface area contributed by atoms with E-state index in [2.05, 4.69) is 25.8 Å². The van der Waals surface area contributed by atoms with Gasteiger partial charge in [-0.25, -0.2) is 0 Å². The van der Waals surface area contributed by atoms with Crippen LogP contribution in [0, 0.1) is 0 Å². The predicted molar refractivity (Wildman–Crippen MR) is 87.0 cm³/mol. The molecule has 1 atom stereocenters. The zero-order chi connectivity index (χ0) is 16.8. The minimum absolute atomic E-state index is 0.110. The predicted octanol–water partition coefficient (Wildman–Crippen LogP) is 1.01. The van der Waals surface area contributed by atoms with Gasteiger partial charge in [0, 0.05) is 36.7 Å². The average molecular weight is 347 g/mol. The van der Waals surface area contributed by atoms with Crippen molar-refractivity contribution >= 4 is 23.6 Å². The number of thioether (sulfide) groups is 1. The molecule has 2 N–H and O–H groups in total. The number of aromatic nitrogens is 3. The Labute approximate surface area is 142 Å². The third-order valence-electron chi connectivity index (χ3n) is 3.51. The van der Waals surface area contributed by atoms with Gasteiger partial charge >= 0.3 is 0 Å². The van der Waals surface area contributed by atoms with Crippen LogP contribution in [-0.4, -0.2) is 45.3 Å². The second-order valence-corrected chi connectivity index (χ2v) is 6.31. The van der Waals surface area contributed by atoms with Gasteiger partial charge in [0.05, 0.1) is 0 Å². The molecule has 0 bridgehead atoms. The quantitative estimate of drug-likeness (QED) is 0.750. The molecule has 2 amide bonds. The first kappa shape index (κ1) is 16.4. The first-order chi connectivity index (χ1) is 11.7. The maximum Gasteiger partial charge on any atom is 0.276 e. The molecule has 1 fully saturated rings. The van der Waals surface area contributed by atoms with E-state index in [4.69, 9.17) is 4.42 Å². The lowest BCUT2D eigenvalue weighted by Gasteiger charge is -2.22. The first-order valence-electron chi connectivity index (χ1n) is 7.66. The Morgan fingerprint density at radius 1 is 1.38 bits per heavy atom. The van der Waals surface area contributed by atoms with Crippen molar-refractivity contribution in [2.45, 2.75) is 30.5 Å². The lowest BCUT2D eigenvalue weighted by atomic mass is 10.1. The van der Waals surface area contributed by atoms with Gasteiger partial charge in [0.15, 0.2) is 0 Å². The fraction of sp³-hybridized carbons (Fsp3) is 0.400. The molecule has 9 heteroatoms. The molecule has 1 saturated heterocycles. The molecule has 1 aliphatic heterocycles. The summed E-state index contributed by atoms with van der Waals surface area (Å²) in [6, 6.07) is 3.15. The van der Waals surface area contributed by atoms with Crippen molar-refractivity contribution in [3.05, 3.63) is 24.5 Å². The number of amides is 2. The molecule has 0 saturated carbocycles. The van der Waals surface area contributed by atoms with E-state index in [-0.39, 0.29) is 18.2 Å². The molecule has 2 aromatic rings. The van der Waals surface area contributed by atoms with Gasteiger partial charge in [0.25, 0.3) is 5.22 Å². The van der Waals surface area contributed by atoms with E-state index >= 15 is 0 Å². The summed E-state index contributed by atoms with van der Waals surface area (Å²) in [5, 5.41) is 13.8. The van der Waals surface area contributed by atoms with Crippen LogP contribution in [0.5, 0.6) is 0 Å². The SMILES string of the molecule is O=C(CCSc1nnc(-c2ccncc2)o1)NC1CCCNC1=O. The van der Waals surface area contributed by atoms with Crippen LogP contribution in [0.3, 0.4) is 0 Å². The Bertz CT molecular complexity index is 706. The highest BCUT2D eigenvalue weighted by molar-refractivity contribution is 7.99. The summed E-state index contributed by atoms with van der Waals surface area (Å²) in [7, 11) is 0. The Hall–Kier alpha value is -2.42. The van der Waals surface area contributed by atoms with Gasteiger partial charge in [-0.15, -0.1) is 10.2 Å². The van der Waals surface area contributed by atoms with Crippen molar-refractivity contribution in [3.63, 3.8) is 0 Å². The summed E-state index contributed by atoms with van der Waals surface area (Å²) in [4.78, 5) is 27.4. The van der Waals surface area contributed by atoms with Gasteiger partial charge in [0.1, 0.15) is 6.04 Å². The van der Waals surface area contributed by atoms with E-state index in [1.54, 1.807) is 24.5 Å². The summed E-state index contributed by atoms with van der Waals surface area (Å²) < 4.78 is 5.54. The van der Waals surface area contributed by atoms with Crippen LogP contribution in [0.4, 0.5) is 0 Å². The Morgan fingerprint density at radius 2 is 2.21 bits per heavy atom. The number of nitrogens with one attached hydrogen (secondary N) is 2. The third kappa shape index (κ3) is 4.31. The molecule has 2 aromatic heterocycles. The normalized spacial score (nSPS) is 17.3. The van der Waals surface area contributed by atoms with Crippen LogP contribution in [0.2, 0.25) is 0 Å². The molecule has 1 aliphatic rings. The Morgan fingerprint density at radius 3 is 3.00 bits per heavy atom. The van der Waals surface area contributed by atoms with E-state index in [1.165, 1.54) is 11.8 Å². The fourth-order valence-electron chi connectivity index (χ4n) is 2.29. The van der Waals surface area contributed by atoms with Crippen LogP contribution in [0.25, 0.3) is 11.5 Å². The lowest BCUT2D eigenvalue weighted by molar-refractivity contribution is -0.129. The molecule has 0 radical (unpaired) electrons. The number of carbonyl (C=O) groups excluding carboxylic acids is 2. The molecular formula is C15H17N5O3S. The molecule has 3 heterocycles. The standard InChI is InChI=1S/C15H17N5O3S/c21-12(18-11-2-1-6-17-13(11)22)5-9-24-15-20-19-14(23-15)10-3-7-16-8-4-10/h3-4,7-8,11H,1-2,5-6,9H2,(H,17,22)(H,18,21). The number of piperidine rings is 1. The molecule has 126 valence electrons. The van der Waals surface area contributed by atoms with Gasteiger partial charge in [-0.3, -0.25) is 14.6 Å². The molecule has 8 nitrogen and oxygen atoms in total. The number of pyridine rings is 1. The summed E-state index contributed by atoms with van der Waals surface area (Å²) in [5.74, 6) is 0.654. The van der Waals surface area contributed by atoms with Crippen molar-refractivity contribution in [2.75, 3.05) is 12.3 Å². The second kappa shape index (κ2) is 7.91. The topological polar surface area (TPSA) is 110 Å². The monoisotopic (exact) mass is 347 g/mol. The van der Waals surface area contributed by atoms with Crippen molar-refractivity contribution in [2.24, 2.45) is 0 Å². The van der Waals surface area contributed by atoms with Crippen LogP contribution in [-0.2, 0) is 9.59 Å². The number of rotatable bonds is 6. The van der Waals surface area contributed by atoms with E-state index in [0.29, 0.717) is 29.8 Å². The maximum atomic E-state index is 11.9. The fourth-order valence-corrected chi connectivity index (χ4v) is 2.99. The molecule has 3 rings (SSSR count). The van der Waals surface area contributed by atoms with Gasteiger partial charge in [0.2, 0.25) is 17.7 Å². The van der Waals surface area contributed by atoms with Crippen LogP contribution in [0.1, 0.15) is 19.3 Å². The van der Waals surface area contributed by atoms with E-state index in [9.17, 15) is 9.59 Å². The molecular weight excluding hydrogens is 330 g/mol. The molecule has 0 spiro atoms. The lowest BCUT2D eigenvalue weighted by Crippen LogP contribution is -2.50. The minimum atomic E-state index is -0.419. The van der Waals surface area contributed by atoms with Gasteiger partial charge in [-0.05, 0) is 25.0 Å². The summed E-state index contributed by atoms with van der Waals surface area (Å²) in [6.45, 7) is 0.679. The van der Waals surface area contributed by atoms with E-state index < -0.39 is 6.04 Å². The smallest absolute Gasteiger partial charge is 0.276 e. The maximum absolute atomic E-state index is 11.9. The second-order valence-electron chi connectivity index (χ2n) is 5.26. The van der Waals surface area contributed by atoms with Crippen molar-refractivity contribution in [1.82, 2.24) is 25.8 Å². The summed E-state index contributed by atoms with van der Waals surface area (Å²) in [5.41, 5.74) is 0.797. The summed E-state index contributed by atoms with van der Waals surface area (Å²) >= 11 is 1.31. The number of nitrogens with zero attached hydrogens (tertiary/aromatic N) is 3. The zero-order valence-corrected chi connectivity index (χ0v) is 13.7. The molecule has 24 heavy (non-hydrogen) atoms. The zero-order valence-electron chi connectivity index (χ0n) is 12.9. The van der Waals surface area contributed by atoms with Crippen molar-refractivity contribution < 1.29 is 14.0 Å². The number of hydrogen-bond donors (Lipinski definition) is 2. The number of hydrogen-bond acceptors (Lipinski definition) is 7.